The first-order valence-electron chi connectivity index (χ1n) is 3.78. The summed E-state index contributed by atoms with van der Waals surface area (Å²) in [4.78, 5) is 0. The van der Waals surface area contributed by atoms with Crippen molar-refractivity contribution in [2.24, 2.45) is 0 Å². The summed E-state index contributed by atoms with van der Waals surface area (Å²) in [5.74, 6) is 0. The van der Waals surface area contributed by atoms with Crippen LogP contribution in [0, 0.1) is 0 Å². The Hall–Kier alpha value is -0.610. The van der Waals surface area contributed by atoms with Gasteiger partial charge in [0, 0.05) is 11.4 Å². The Bertz CT molecular complexity index is 242. The van der Waals surface area contributed by atoms with E-state index in [1.165, 1.54) is 0 Å². The summed E-state index contributed by atoms with van der Waals surface area (Å²) in [5, 5.41) is 10.9. The van der Waals surface area contributed by atoms with Crippen molar-refractivity contribution in [2.45, 2.75) is 19.9 Å². The minimum atomic E-state index is 0.378. The van der Waals surface area contributed by atoms with Gasteiger partial charge < -0.3 is 10.6 Å². The SMILES string of the molecule is CC(C)NC(=S)Nc1ccsc1. The van der Waals surface area contributed by atoms with Gasteiger partial charge in [0.05, 0.1) is 5.69 Å². The smallest absolute Gasteiger partial charge is 0.170 e. The molecule has 0 bridgehead atoms. The molecule has 0 saturated carbocycles. The molecule has 0 saturated heterocycles. The molecule has 0 unspecified atom stereocenters. The van der Waals surface area contributed by atoms with E-state index < -0.39 is 0 Å². The first kappa shape index (κ1) is 9.48. The van der Waals surface area contributed by atoms with Gasteiger partial charge in [-0.1, -0.05) is 0 Å². The van der Waals surface area contributed by atoms with Crippen molar-refractivity contribution < 1.29 is 0 Å². The van der Waals surface area contributed by atoms with E-state index in [-0.39, 0.29) is 0 Å². The van der Waals surface area contributed by atoms with E-state index in [9.17, 15) is 0 Å². The highest BCUT2D eigenvalue weighted by molar-refractivity contribution is 7.80. The summed E-state index contributed by atoms with van der Waals surface area (Å²) in [6.07, 6.45) is 0. The van der Waals surface area contributed by atoms with E-state index >= 15 is 0 Å². The van der Waals surface area contributed by atoms with Crippen LogP contribution in [-0.4, -0.2) is 11.2 Å². The van der Waals surface area contributed by atoms with Crippen LogP contribution in [0.2, 0.25) is 0 Å². The molecule has 4 heteroatoms. The standard InChI is InChI=1S/C8H12N2S2/c1-6(2)9-8(11)10-7-3-4-12-5-7/h3-6H,1-2H3,(H2,9,10,11). The van der Waals surface area contributed by atoms with Crippen LogP contribution in [0.4, 0.5) is 5.69 Å². The van der Waals surface area contributed by atoms with Crippen molar-refractivity contribution in [3.63, 3.8) is 0 Å². The van der Waals surface area contributed by atoms with E-state index in [0.29, 0.717) is 11.2 Å². The second-order valence-corrected chi connectivity index (χ2v) is 3.95. The largest absolute Gasteiger partial charge is 0.360 e. The lowest BCUT2D eigenvalue weighted by Gasteiger charge is -2.11. The third-order valence-corrected chi connectivity index (χ3v) is 2.10. The molecule has 0 radical (unpaired) electrons. The van der Waals surface area contributed by atoms with Crippen molar-refractivity contribution in [3.8, 4) is 0 Å². The van der Waals surface area contributed by atoms with E-state index in [0.717, 1.165) is 5.69 Å². The predicted octanol–water partition coefficient (Wildman–Crippen LogP) is 2.44. The number of hydrogen-bond donors (Lipinski definition) is 2. The molecule has 0 aliphatic heterocycles. The maximum Gasteiger partial charge on any atom is 0.170 e. The van der Waals surface area contributed by atoms with Crippen LogP contribution < -0.4 is 10.6 Å². The lowest BCUT2D eigenvalue weighted by molar-refractivity contribution is 0.739. The van der Waals surface area contributed by atoms with Crippen LogP contribution in [0.1, 0.15) is 13.8 Å². The molecule has 1 aromatic rings. The van der Waals surface area contributed by atoms with Gasteiger partial charge in [-0.05, 0) is 37.5 Å². The van der Waals surface area contributed by atoms with Crippen LogP contribution in [0.15, 0.2) is 16.8 Å². The Kier molecular flexibility index (Phi) is 3.49. The average Bonchev–Trinajstić information content (AvgIpc) is 2.37. The van der Waals surface area contributed by atoms with Crippen LogP contribution >= 0.6 is 23.6 Å². The highest BCUT2D eigenvalue weighted by Crippen LogP contribution is 2.11. The number of thiophene rings is 1. The zero-order valence-corrected chi connectivity index (χ0v) is 8.76. The molecule has 0 atom stereocenters. The molecule has 1 rings (SSSR count). The summed E-state index contributed by atoms with van der Waals surface area (Å²) < 4.78 is 0. The number of rotatable bonds is 2. The lowest BCUT2D eigenvalue weighted by atomic mass is 10.4. The predicted molar refractivity (Wildman–Crippen MR) is 58.8 cm³/mol. The van der Waals surface area contributed by atoms with E-state index in [1.54, 1.807) is 11.3 Å². The molecule has 2 N–H and O–H groups in total. The topological polar surface area (TPSA) is 24.1 Å². The van der Waals surface area contributed by atoms with Crippen molar-refractivity contribution >= 4 is 34.4 Å². The quantitative estimate of drug-likeness (QED) is 0.717. The lowest BCUT2D eigenvalue weighted by Crippen LogP contribution is -2.33. The molecule has 12 heavy (non-hydrogen) atoms. The second-order valence-electron chi connectivity index (χ2n) is 2.77. The van der Waals surface area contributed by atoms with Crippen molar-refractivity contribution in [1.82, 2.24) is 5.32 Å². The van der Waals surface area contributed by atoms with Gasteiger partial charge in [0.2, 0.25) is 0 Å². The van der Waals surface area contributed by atoms with Gasteiger partial charge in [-0.15, -0.1) is 0 Å². The van der Waals surface area contributed by atoms with E-state index in [1.807, 2.05) is 16.8 Å². The Morgan fingerprint density at radius 1 is 1.58 bits per heavy atom. The fraction of sp³-hybridized carbons (Fsp3) is 0.375. The molecule has 0 aliphatic carbocycles. The molecule has 0 spiro atoms. The number of nitrogens with one attached hydrogen (secondary N) is 2. The summed E-state index contributed by atoms with van der Waals surface area (Å²) in [5.41, 5.74) is 1.05. The fourth-order valence-corrected chi connectivity index (χ4v) is 1.71. The van der Waals surface area contributed by atoms with Crippen molar-refractivity contribution in [3.05, 3.63) is 16.8 Å². The summed E-state index contributed by atoms with van der Waals surface area (Å²) in [6, 6.07) is 2.38. The minimum Gasteiger partial charge on any atom is -0.360 e. The van der Waals surface area contributed by atoms with Crippen LogP contribution in [0.25, 0.3) is 0 Å². The van der Waals surface area contributed by atoms with Crippen LogP contribution in [-0.2, 0) is 0 Å². The summed E-state index contributed by atoms with van der Waals surface area (Å²) >= 11 is 6.71. The fourth-order valence-electron chi connectivity index (χ4n) is 0.765. The average molecular weight is 200 g/mol. The Balaban J connectivity index is 2.37. The molecular weight excluding hydrogens is 188 g/mol. The highest BCUT2D eigenvalue weighted by atomic mass is 32.1. The monoisotopic (exact) mass is 200 g/mol. The van der Waals surface area contributed by atoms with Gasteiger partial charge in [-0.3, -0.25) is 0 Å². The van der Waals surface area contributed by atoms with Gasteiger partial charge in [0.25, 0.3) is 0 Å². The molecule has 0 aliphatic rings. The van der Waals surface area contributed by atoms with Gasteiger partial charge in [-0.25, -0.2) is 0 Å². The van der Waals surface area contributed by atoms with E-state index in [2.05, 4.69) is 24.5 Å². The molecule has 0 fully saturated rings. The van der Waals surface area contributed by atoms with Crippen LogP contribution in [0.3, 0.4) is 0 Å². The molecule has 66 valence electrons. The maximum absolute atomic E-state index is 5.06. The van der Waals surface area contributed by atoms with Gasteiger partial charge in [0.1, 0.15) is 0 Å². The first-order valence-corrected chi connectivity index (χ1v) is 5.13. The Morgan fingerprint density at radius 2 is 2.33 bits per heavy atom. The van der Waals surface area contributed by atoms with Gasteiger partial charge in [-0.2, -0.15) is 11.3 Å². The molecule has 1 heterocycles. The molecule has 0 amide bonds. The zero-order chi connectivity index (χ0) is 8.97. The molecule has 0 aromatic carbocycles. The first-order chi connectivity index (χ1) is 5.68. The molecule has 2 nitrogen and oxygen atoms in total. The summed E-state index contributed by atoms with van der Waals surface area (Å²) in [6.45, 7) is 4.11. The Morgan fingerprint density at radius 3 is 2.83 bits per heavy atom. The van der Waals surface area contributed by atoms with Crippen molar-refractivity contribution in [1.29, 1.82) is 0 Å². The van der Waals surface area contributed by atoms with E-state index in [4.69, 9.17) is 12.2 Å². The number of anilines is 1. The molecular formula is C8H12N2S2. The van der Waals surface area contributed by atoms with Crippen molar-refractivity contribution in [2.75, 3.05) is 5.32 Å². The second kappa shape index (κ2) is 4.42. The van der Waals surface area contributed by atoms with Gasteiger partial charge in [0.15, 0.2) is 5.11 Å². The van der Waals surface area contributed by atoms with Crippen LogP contribution in [0.5, 0.6) is 0 Å². The summed E-state index contributed by atoms with van der Waals surface area (Å²) in [7, 11) is 0. The maximum atomic E-state index is 5.06. The normalized spacial score (nSPS) is 9.92. The third kappa shape index (κ3) is 3.19. The zero-order valence-electron chi connectivity index (χ0n) is 7.13. The third-order valence-electron chi connectivity index (χ3n) is 1.20. The number of hydrogen-bond acceptors (Lipinski definition) is 2. The highest BCUT2D eigenvalue weighted by Gasteiger charge is 1.98. The van der Waals surface area contributed by atoms with Gasteiger partial charge >= 0.3 is 0 Å². The molecule has 1 aromatic heterocycles. The minimum absolute atomic E-state index is 0.378. The Labute approximate surface area is 82.0 Å². The number of thiocarbonyl (C=S) groups is 1.